The van der Waals surface area contributed by atoms with E-state index in [1.54, 1.807) is 6.08 Å². The number of carbonyl (C=O) groups excluding carboxylic acids is 1. The summed E-state index contributed by atoms with van der Waals surface area (Å²) in [7, 11) is 0. The van der Waals surface area contributed by atoms with Crippen molar-refractivity contribution >= 4 is 5.97 Å². The van der Waals surface area contributed by atoms with Crippen molar-refractivity contribution in [3.05, 3.63) is 42.2 Å². The van der Waals surface area contributed by atoms with Crippen molar-refractivity contribution in [1.82, 2.24) is 0 Å². The molecule has 0 aromatic heterocycles. The summed E-state index contributed by atoms with van der Waals surface area (Å²) in [5.74, 6) is -1.78. The van der Waals surface area contributed by atoms with Crippen LogP contribution in [0.15, 0.2) is 36.6 Å². The topological polar surface area (TPSA) is 188 Å². The molecule has 0 bridgehead atoms. The molecule has 1 aromatic rings. The van der Waals surface area contributed by atoms with Gasteiger partial charge in [0.25, 0.3) is 0 Å². The number of phenols is 1. The van der Waals surface area contributed by atoms with Gasteiger partial charge in [-0.3, -0.25) is 0 Å². The molecule has 4 aliphatic rings. The lowest BCUT2D eigenvalue weighted by molar-refractivity contribution is -0.344. The predicted molar refractivity (Wildman–Crippen MR) is 108 cm³/mol. The molecule has 3 aliphatic heterocycles. The average Bonchev–Trinajstić information content (AvgIpc) is 3.52. The number of aliphatic hydroxyl groups excluding tert-OH is 5. The molecule has 1 aromatic carbocycles. The lowest BCUT2D eigenvalue weighted by Crippen LogP contribution is -2.60. The van der Waals surface area contributed by atoms with E-state index in [2.05, 4.69) is 0 Å². The van der Waals surface area contributed by atoms with Crippen LogP contribution in [-0.4, -0.2) is 105 Å². The van der Waals surface area contributed by atoms with Crippen LogP contribution >= 0.6 is 0 Å². The second-order valence-electron chi connectivity index (χ2n) is 8.84. The molecule has 1 saturated carbocycles. The highest BCUT2D eigenvalue weighted by molar-refractivity contribution is 5.89. The average molecular weight is 482 g/mol. The molecular weight excluding hydrogens is 456 g/mol. The van der Waals surface area contributed by atoms with Crippen molar-refractivity contribution in [3.63, 3.8) is 0 Å². The maximum absolute atomic E-state index is 12.7. The van der Waals surface area contributed by atoms with E-state index in [1.807, 2.05) is 0 Å². The van der Waals surface area contributed by atoms with Gasteiger partial charge in [-0.2, -0.15) is 0 Å². The molecule has 12 heteroatoms. The molecule has 34 heavy (non-hydrogen) atoms. The van der Waals surface area contributed by atoms with Crippen molar-refractivity contribution in [2.45, 2.75) is 54.8 Å². The normalized spacial score (nSPS) is 44.6. The molecule has 5 rings (SSSR count). The van der Waals surface area contributed by atoms with Crippen molar-refractivity contribution < 1.29 is 59.1 Å². The van der Waals surface area contributed by atoms with Crippen LogP contribution < -0.4 is 0 Å². The van der Waals surface area contributed by atoms with Crippen molar-refractivity contribution in [1.29, 1.82) is 0 Å². The van der Waals surface area contributed by atoms with Gasteiger partial charge in [-0.15, -0.1) is 0 Å². The third-order valence-corrected chi connectivity index (χ3v) is 6.94. The molecule has 6 unspecified atom stereocenters. The second-order valence-corrected chi connectivity index (χ2v) is 8.84. The molecule has 3 heterocycles. The van der Waals surface area contributed by atoms with E-state index in [-0.39, 0.29) is 11.3 Å². The summed E-state index contributed by atoms with van der Waals surface area (Å²) in [4.78, 5) is 12.7. The van der Waals surface area contributed by atoms with E-state index in [9.17, 15) is 35.4 Å². The van der Waals surface area contributed by atoms with Gasteiger partial charge in [0, 0.05) is 5.92 Å². The highest BCUT2D eigenvalue weighted by Crippen LogP contribution is 2.60. The quantitative estimate of drug-likeness (QED) is 0.193. The number of benzene rings is 1. The minimum Gasteiger partial charge on any atom is -0.508 e. The Hall–Kier alpha value is -2.29. The number of carbonyl (C=O) groups is 1. The van der Waals surface area contributed by atoms with Crippen molar-refractivity contribution in [3.8, 4) is 5.75 Å². The zero-order valence-electron chi connectivity index (χ0n) is 17.8. The van der Waals surface area contributed by atoms with Crippen LogP contribution in [0.4, 0.5) is 0 Å². The fourth-order valence-electron chi connectivity index (χ4n) is 5.08. The largest absolute Gasteiger partial charge is 0.508 e. The molecule has 6 N–H and O–H groups in total. The fraction of sp³-hybridized carbons (Fsp3) is 0.591. The molecule has 2 saturated heterocycles. The van der Waals surface area contributed by atoms with Gasteiger partial charge in [-0.05, 0) is 30.3 Å². The van der Waals surface area contributed by atoms with Crippen LogP contribution in [0, 0.1) is 11.8 Å². The van der Waals surface area contributed by atoms with E-state index < -0.39 is 85.8 Å². The van der Waals surface area contributed by atoms with Gasteiger partial charge < -0.3 is 54.3 Å². The first-order valence-corrected chi connectivity index (χ1v) is 10.9. The molecule has 0 spiro atoms. The number of hydrogen-bond acceptors (Lipinski definition) is 12. The van der Waals surface area contributed by atoms with Crippen LogP contribution in [-0.2, 0) is 23.7 Å². The number of epoxide rings is 1. The van der Waals surface area contributed by atoms with Gasteiger partial charge in [0.2, 0.25) is 6.29 Å². The first-order chi connectivity index (χ1) is 16.3. The molecule has 1 aliphatic carbocycles. The zero-order chi connectivity index (χ0) is 24.2. The third kappa shape index (κ3) is 3.67. The summed E-state index contributed by atoms with van der Waals surface area (Å²) in [5, 5.41) is 59.3. The van der Waals surface area contributed by atoms with E-state index in [0.29, 0.717) is 0 Å². The molecular formula is C22H26O12. The first kappa shape index (κ1) is 23.5. The van der Waals surface area contributed by atoms with Gasteiger partial charge in [0.05, 0.1) is 31.0 Å². The van der Waals surface area contributed by atoms with Crippen molar-refractivity contribution in [2.24, 2.45) is 11.8 Å². The summed E-state index contributed by atoms with van der Waals surface area (Å²) in [6.07, 6.45) is -6.99. The maximum Gasteiger partial charge on any atom is 0.338 e. The number of ether oxygens (including phenoxy) is 5. The number of aliphatic hydroxyl groups is 5. The van der Waals surface area contributed by atoms with E-state index in [0.717, 1.165) is 0 Å². The minimum atomic E-state index is -1.64. The van der Waals surface area contributed by atoms with Gasteiger partial charge in [0.1, 0.15) is 48.0 Å². The second kappa shape index (κ2) is 8.73. The fourth-order valence-corrected chi connectivity index (χ4v) is 5.08. The number of phenolic OH excluding ortho intramolecular Hbond substituents is 1. The third-order valence-electron chi connectivity index (χ3n) is 6.94. The van der Waals surface area contributed by atoms with Crippen LogP contribution in [0.5, 0.6) is 5.75 Å². The zero-order valence-corrected chi connectivity index (χ0v) is 17.8. The number of rotatable bonds is 6. The predicted octanol–water partition coefficient (Wildman–Crippen LogP) is -2.02. The number of fused-ring (bicyclic) bond motifs is 3. The van der Waals surface area contributed by atoms with Crippen LogP contribution in [0.2, 0.25) is 0 Å². The molecule has 12 nitrogen and oxygen atoms in total. The molecule has 186 valence electrons. The van der Waals surface area contributed by atoms with Crippen LogP contribution in [0.1, 0.15) is 10.4 Å². The minimum absolute atomic E-state index is 0.00264. The summed E-state index contributed by atoms with van der Waals surface area (Å²) in [6.45, 7) is -1.04. The molecule has 0 amide bonds. The molecule has 11 atom stereocenters. The number of aromatic hydroxyl groups is 1. The summed E-state index contributed by atoms with van der Waals surface area (Å²) >= 11 is 0. The first-order valence-electron chi connectivity index (χ1n) is 10.9. The summed E-state index contributed by atoms with van der Waals surface area (Å²) < 4.78 is 28.3. The number of hydrogen-bond donors (Lipinski definition) is 6. The van der Waals surface area contributed by atoms with Gasteiger partial charge in [-0.25, -0.2) is 4.79 Å². The van der Waals surface area contributed by atoms with Gasteiger partial charge in [0.15, 0.2) is 6.29 Å². The van der Waals surface area contributed by atoms with Gasteiger partial charge >= 0.3 is 5.97 Å². The Morgan fingerprint density at radius 3 is 2.44 bits per heavy atom. The Labute approximate surface area is 193 Å². The Morgan fingerprint density at radius 2 is 1.76 bits per heavy atom. The number of esters is 1. The highest BCUT2D eigenvalue weighted by atomic mass is 16.8. The highest BCUT2D eigenvalue weighted by Gasteiger charge is 2.77. The SMILES string of the molecule is O=C(OC1C2C=COC(O[C@@H]3O[C@H](CO)[C@@H](O)[C@H](O)[C@H]3O)C2C2(CO)OC12)c1ccc(O)cc1. The monoisotopic (exact) mass is 482 g/mol. The van der Waals surface area contributed by atoms with E-state index in [1.165, 1.54) is 30.5 Å². The van der Waals surface area contributed by atoms with Crippen molar-refractivity contribution in [2.75, 3.05) is 13.2 Å². The molecule has 0 radical (unpaired) electrons. The Morgan fingerprint density at radius 1 is 1.03 bits per heavy atom. The van der Waals surface area contributed by atoms with Crippen LogP contribution in [0.3, 0.4) is 0 Å². The lowest BCUT2D eigenvalue weighted by Gasteiger charge is -2.43. The van der Waals surface area contributed by atoms with Crippen LogP contribution in [0.25, 0.3) is 0 Å². The lowest BCUT2D eigenvalue weighted by atomic mass is 9.85. The Balaban J connectivity index is 1.34. The van der Waals surface area contributed by atoms with E-state index in [4.69, 9.17) is 23.7 Å². The smallest absolute Gasteiger partial charge is 0.338 e. The Kier molecular flexibility index (Phi) is 6.02. The van der Waals surface area contributed by atoms with Gasteiger partial charge in [-0.1, -0.05) is 0 Å². The van der Waals surface area contributed by atoms with E-state index >= 15 is 0 Å². The summed E-state index contributed by atoms with van der Waals surface area (Å²) in [5.41, 5.74) is -0.907. The summed E-state index contributed by atoms with van der Waals surface area (Å²) in [6, 6.07) is 5.56. The molecule has 3 fully saturated rings. The Bertz CT molecular complexity index is 934. The maximum atomic E-state index is 12.7. The standard InChI is InChI=1S/C22H26O12/c23-7-12-14(26)15(27)16(28)21(31-12)33-20-13-11(5-6-30-20)17(18-22(13,8-24)34-18)32-19(29)9-1-3-10(25)4-2-9/h1-6,11-18,20-21,23-28H,7-8H2/t11?,12-,13?,14-,15+,16-,17?,18?,20?,21+,22?/m1/s1.